The largest absolute Gasteiger partial charge is 0.305 e. The molecule has 1 unspecified atom stereocenters. The summed E-state index contributed by atoms with van der Waals surface area (Å²) in [6, 6.07) is 6.26. The first-order valence-corrected chi connectivity index (χ1v) is 7.93. The summed E-state index contributed by atoms with van der Waals surface area (Å²) in [6.45, 7) is 9.09. The van der Waals surface area contributed by atoms with Crippen molar-refractivity contribution in [1.82, 2.24) is 15.1 Å². The van der Waals surface area contributed by atoms with Gasteiger partial charge in [-0.25, -0.2) is 0 Å². The molecule has 0 bridgehead atoms. The number of benzene rings is 1. The molecular weight excluding hydrogens is 305 g/mol. The summed E-state index contributed by atoms with van der Waals surface area (Å²) < 4.78 is 1.95. The van der Waals surface area contributed by atoms with Gasteiger partial charge in [0.2, 0.25) is 0 Å². The van der Waals surface area contributed by atoms with Crippen molar-refractivity contribution in [3.8, 4) is 0 Å². The third kappa shape index (κ3) is 3.42. The number of nitrogens with zero attached hydrogens (tertiary/aromatic N) is 2. The standard InChI is InChI=1S/C16H21Cl2N3/c1-5-19-15(12-7-6-11(4)8-13(12)17)16-14(18)9-20-21(16)10(2)3/h6-10,15,19H,5H2,1-4H3. The molecule has 0 aliphatic rings. The summed E-state index contributed by atoms with van der Waals surface area (Å²) >= 11 is 12.8. The molecule has 1 aromatic heterocycles. The Hall–Kier alpha value is -1.03. The number of aryl methyl sites for hydroxylation is 1. The van der Waals surface area contributed by atoms with Gasteiger partial charge >= 0.3 is 0 Å². The van der Waals surface area contributed by atoms with Gasteiger partial charge in [-0.05, 0) is 44.5 Å². The first-order valence-electron chi connectivity index (χ1n) is 7.18. The predicted molar refractivity (Wildman–Crippen MR) is 89.3 cm³/mol. The van der Waals surface area contributed by atoms with Gasteiger partial charge in [0.25, 0.3) is 0 Å². The van der Waals surface area contributed by atoms with E-state index >= 15 is 0 Å². The van der Waals surface area contributed by atoms with Crippen LogP contribution in [0.4, 0.5) is 0 Å². The minimum atomic E-state index is -0.0690. The lowest BCUT2D eigenvalue weighted by atomic mass is 10.0. The molecule has 1 atom stereocenters. The van der Waals surface area contributed by atoms with Crippen LogP contribution in [-0.4, -0.2) is 16.3 Å². The van der Waals surface area contributed by atoms with Crippen LogP contribution in [0.1, 0.15) is 49.7 Å². The van der Waals surface area contributed by atoms with E-state index in [0.717, 1.165) is 28.4 Å². The maximum absolute atomic E-state index is 6.45. The zero-order valence-corrected chi connectivity index (χ0v) is 14.3. The Morgan fingerprint density at radius 3 is 2.52 bits per heavy atom. The highest BCUT2D eigenvalue weighted by Crippen LogP contribution is 2.34. The van der Waals surface area contributed by atoms with Crippen molar-refractivity contribution in [2.45, 2.75) is 39.8 Å². The molecule has 0 fully saturated rings. The Labute approximate surface area is 136 Å². The fourth-order valence-corrected chi connectivity index (χ4v) is 3.04. The molecule has 0 spiro atoms. The van der Waals surface area contributed by atoms with E-state index in [-0.39, 0.29) is 12.1 Å². The van der Waals surface area contributed by atoms with Crippen LogP contribution in [0, 0.1) is 6.92 Å². The van der Waals surface area contributed by atoms with Gasteiger partial charge in [0.05, 0.1) is 23.0 Å². The Balaban J connectivity index is 2.56. The van der Waals surface area contributed by atoms with Crippen molar-refractivity contribution in [3.63, 3.8) is 0 Å². The van der Waals surface area contributed by atoms with Crippen molar-refractivity contribution in [3.05, 3.63) is 51.3 Å². The second kappa shape index (κ2) is 6.82. The number of rotatable bonds is 5. The molecule has 21 heavy (non-hydrogen) atoms. The maximum atomic E-state index is 6.45. The lowest BCUT2D eigenvalue weighted by Crippen LogP contribution is -2.26. The lowest BCUT2D eigenvalue weighted by Gasteiger charge is -2.23. The fourth-order valence-electron chi connectivity index (χ4n) is 2.46. The van der Waals surface area contributed by atoms with E-state index in [1.165, 1.54) is 0 Å². The highest BCUT2D eigenvalue weighted by molar-refractivity contribution is 6.32. The molecule has 114 valence electrons. The van der Waals surface area contributed by atoms with Gasteiger partial charge < -0.3 is 5.32 Å². The molecule has 0 radical (unpaired) electrons. The van der Waals surface area contributed by atoms with Crippen molar-refractivity contribution < 1.29 is 0 Å². The second-order valence-electron chi connectivity index (χ2n) is 5.43. The Bertz CT molecular complexity index is 620. The summed E-state index contributed by atoms with van der Waals surface area (Å²) in [6.07, 6.45) is 1.70. The van der Waals surface area contributed by atoms with E-state index in [4.69, 9.17) is 23.2 Å². The quantitative estimate of drug-likeness (QED) is 0.857. The minimum absolute atomic E-state index is 0.0690. The highest BCUT2D eigenvalue weighted by atomic mass is 35.5. The molecule has 2 rings (SSSR count). The van der Waals surface area contributed by atoms with E-state index in [2.05, 4.69) is 43.3 Å². The predicted octanol–water partition coefficient (Wildman–Crippen LogP) is 4.78. The average Bonchev–Trinajstić information content (AvgIpc) is 2.79. The molecule has 1 heterocycles. The normalized spacial score (nSPS) is 12.9. The molecule has 3 nitrogen and oxygen atoms in total. The molecular formula is C16H21Cl2N3. The van der Waals surface area contributed by atoms with Crippen LogP contribution in [0.25, 0.3) is 0 Å². The molecule has 0 amide bonds. The number of nitrogens with one attached hydrogen (secondary N) is 1. The number of aromatic nitrogens is 2. The molecule has 0 aliphatic carbocycles. The summed E-state index contributed by atoms with van der Waals surface area (Å²) in [7, 11) is 0. The summed E-state index contributed by atoms with van der Waals surface area (Å²) in [5.41, 5.74) is 3.12. The zero-order chi connectivity index (χ0) is 15.6. The molecule has 1 aromatic carbocycles. The van der Waals surface area contributed by atoms with Crippen LogP contribution in [0.3, 0.4) is 0 Å². The van der Waals surface area contributed by atoms with Gasteiger partial charge in [-0.3, -0.25) is 4.68 Å². The minimum Gasteiger partial charge on any atom is -0.305 e. The Kier molecular flexibility index (Phi) is 5.31. The molecule has 5 heteroatoms. The highest BCUT2D eigenvalue weighted by Gasteiger charge is 2.24. The van der Waals surface area contributed by atoms with Gasteiger partial charge in [-0.2, -0.15) is 5.10 Å². The van der Waals surface area contributed by atoms with E-state index in [1.807, 2.05) is 17.7 Å². The molecule has 2 aromatic rings. The third-order valence-electron chi connectivity index (χ3n) is 3.42. The van der Waals surface area contributed by atoms with Crippen LogP contribution in [0.15, 0.2) is 24.4 Å². The molecule has 0 aliphatic heterocycles. The van der Waals surface area contributed by atoms with Gasteiger partial charge in [0, 0.05) is 11.1 Å². The summed E-state index contributed by atoms with van der Waals surface area (Å²) in [4.78, 5) is 0. The molecule has 1 N–H and O–H groups in total. The smallest absolute Gasteiger partial charge is 0.0837 e. The van der Waals surface area contributed by atoms with Gasteiger partial charge in [0.1, 0.15) is 0 Å². The van der Waals surface area contributed by atoms with Crippen LogP contribution in [0.2, 0.25) is 10.0 Å². The zero-order valence-electron chi connectivity index (χ0n) is 12.8. The molecule has 0 saturated heterocycles. The number of hydrogen-bond donors (Lipinski definition) is 1. The SMILES string of the molecule is CCNC(c1ccc(C)cc1Cl)c1c(Cl)cnn1C(C)C. The Morgan fingerprint density at radius 2 is 1.95 bits per heavy atom. The van der Waals surface area contributed by atoms with Crippen molar-refractivity contribution >= 4 is 23.2 Å². The lowest BCUT2D eigenvalue weighted by molar-refractivity contribution is 0.476. The van der Waals surface area contributed by atoms with Crippen LogP contribution >= 0.6 is 23.2 Å². The second-order valence-corrected chi connectivity index (χ2v) is 6.25. The first-order chi connectivity index (χ1) is 9.95. The first kappa shape index (κ1) is 16.3. The summed E-state index contributed by atoms with van der Waals surface area (Å²) in [5, 5.41) is 9.26. The fraction of sp³-hybridized carbons (Fsp3) is 0.438. The third-order valence-corrected chi connectivity index (χ3v) is 4.04. The van der Waals surface area contributed by atoms with Gasteiger partial charge in [0.15, 0.2) is 0 Å². The topological polar surface area (TPSA) is 29.9 Å². The summed E-state index contributed by atoms with van der Waals surface area (Å²) in [5.74, 6) is 0. The van der Waals surface area contributed by atoms with Crippen LogP contribution in [0.5, 0.6) is 0 Å². The van der Waals surface area contributed by atoms with Crippen molar-refractivity contribution in [2.75, 3.05) is 6.54 Å². The monoisotopic (exact) mass is 325 g/mol. The van der Waals surface area contributed by atoms with Crippen molar-refractivity contribution in [2.24, 2.45) is 0 Å². The van der Waals surface area contributed by atoms with E-state index in [1.54, 1.807) is 6.20 Å². The number of halogens is 2. The number of hydrogen-bond acceptors (Lipinski definition) is 2. The van der Waals surface area contributed by atoms with Crippen LogP contribution < -0.4 is 5.32 Å². The van der Waals surface area contributed by atoms with Gasteiger partial charge in [-0.1, -0.05) is 42.3 Å². The van der Waals surface area contributed by atoms with E-state index in [9.17, 15) is 0 Å². The average molecular weight is 326 g/mol. The van der Waals surface area contributed by atoms with Gasteiger partial charge in [-0.15, -0.1) is 0 Å². The molecule has 0 saturated carbocycles. The Morgan fingerprint density at radius 1 is 1.24 bits per heavy atom. The van der Waals surface area contributed by atoms with Crippen molar-refractivity contribution in [1.29, 1.82) is 0 Å². The maximum Gasteiger partial charge on any atom is 0.0837 e. The van der Waals surface area contributed by atoms with E-state index in [0.29, 0.717) is 5.02 Å². The van der Waals surface area contributed by atoms with E-state index < -0.39 is 0 Å². The van der Waals surface area contributed by atoms with Crippen LogP contribution in [-0.2, 0) is 0 Å².